The van der Waals surface area contributed by atoms with Crippen LogP contribution in [0.5, 0.6) is 5.75 Å². The minimum Gasteiger partial charge on any atom is -0.494 e. The number of amides is 1. The minimum atomic E-state index is -0.0721. The maximum atomic E-state index is 12.4. The van der Waals surface area contributed by atoms with Crippen molar-refractivity contribution < 1.29 is 18.5 Å². The zero-order valence-corrected chi connectivity index (χ0v) is 15.1. The SMILES string of the molecule is CCCOc1ccc(CN2CC(c3noc(-c4ccco4)n3)CC2=O)cc1. The third kappa shape index (κ3) is 3.86. The molecule has 7 nitrogen and oxygen atoms in total. The molecule has 1 aliphatic heterocycles. The van der Waals surface area contributed by atoms with Crippen LogP contribution in [-0.2, 0) is 11.3 Å². The van der Waals surface area contributed by atoms with Gasteiger partial charge in [-0.25, -0.2) is 0 Å². The lowest BCUT2D eigenvalue weighted by molar-refractivity contribution is -0.128. The van der Waals surface area contributed by atoms with Crippen LogP contribution in [0.25, 0.3) is 11.7 Å². The van der Waals surface area contributed by atoms with E-state index in [9.17, 15) is 4.79 Å². The molecule has 1 saturated heterocycles. The molecule has 0 saturated carbocycles. The van der Waals surface area contributed by atoms with Crippen molar-refractivity contribution in [1.82, 2.24) is 15.0 Å². The van der Waals surface area contributed by atoms with E-state index in [2.05, 4.69) is 17.1 Å². The van der Waals surface area contributed by atoms with Gasteiger partial charge in [0.2, 0.25) is 5.91 Å². The van der Waals surface area contributed by atoms with Gasteiger partial charge in [0.1, 0.15) is 5.75 Å². The van der Waals surface area contributed by atoms with E-state index in [0.29, 0.717) is 43.6 Å². The Morgan fingerprint density at radius 2 is 2.11 bits per heavy atom. The third-order valence-corrected chi connectivity index (χ3v) is 4.52. The van der Waals surface area contributed by atoms with Gasteiger partial charge < -0.3 is 18.6 Å². The molecule has 27 heavy (non-hydrogen) atoms. The Labute approximate surface area is 156 Å². The zero-order valence-electron chi connectivity index (χ0n) is 15.1. The quantitative estimate of drug-likeness (QED) is 0.634. The van der Waals surface area contributed by atoms with Gasteiger partial charge in [-0.2, -0.15) is 4.98 Å². The molecule has 1 aliphatic rings. The lowest BCUT2D eigenvalue weighted by Gasteiger charge is -2.16. The Morgan fingerprint density at radius 1 is 1.26 bits per heavy atom. The maximum absolute atomic E-state index is 12.4. The van der Waals surface area contributed by atoms with E-state index in [-0.39, 0.29) is 11.8 Å². The van der Waals surface area contributed by atoms with Crippen molar-refractivity contribution in [3.05, 3.63) is 54.0 Å². The molecule has 1 fully saturated rings. The molecule has 3 heterocycles. The fourth-order valence-electron chi connectivity index (χ4n) is 3.13. The van der Waals surface area contributed by atoms with E-state index >= 15 is 0 Å². The molecule has 0 N–H and O–H groups in total. The number of ether oxygens (including phenoxy) is 1. The van der Waals surface area contributed by atoms with E-state index in [0.717, 1.165) is 17.7 Å². The van der Waals surface area contributed by atoms with Crippen molar-refractivity contribution in [2.24, 2.45) is 0 Å². The van der Waals surface area contributed by atoms with Crippen molar-refractivity contribution >= 4 is 5.91 Å². The van der Waals surface area contributed by atoms with Crippen molar-refractivity contribution in [3.63, 3.8) is 0 Å². The third-order valence-electron chi connectivity index (χ3n) is 4.52. The molecule has 7 heteroatoms. The average molecular weight is 367 g/mol. The van der Waals surface area contributed by atoms with Crippen LogP contribution >= 0.6 is 0 Å². The fourth-order valence-corrected chi connectivity index (χ4v) is 3.13. The van der Waals surface area contributed by atoms with E-state index < -0.39 is 0 Å². The summed E-state index contributed by atoms with van der Waals surface area (Å²) in [4.78, 5) is 18.6. The minimum absolute atomic E-state index is 0.0721. The highest BCUT2D eigenvalue weighted by atomic mass is 16.5. The topological polar surface area (TPSA) is 81.6 Å². The van der Waals surface area contributed by atoms with Gasteiger partial charge in [0.05, 0.1) is 12.9 Å². The van der Waals surface area contributed by atoms with Crippen LogP contribution in [0.3, 0.4) is 0 Å². The molecule has 0 spiro atoms. The maximum Gasteiger partial charge on any atom is 0.293 e. The summed E-state index contributed by atoms with van der Waals surface area (Å²) in [6.07, 6.45) is 2.91. The van der Waals surface area contributed by atoms with Crippen molar-refractivity contribution in [1.29, 1.82) is 0 Å². The standard InChI is InChI=1S/C20H21N3O4/c1-2-9-25-16-7-5-14(6-8-16)12-23-13-15(11-18(23)24)19-21-20(27-22-19)17-4-3-10-26-17/h3-8,10,15H,2,9,11-13H2,1H3. The number of nitrogens with zero attached hydrogens (tertiary/aromatic N) is 3. The van der Waals surface area contributed by atoms with Crippen molar-refractivity contribution in [2.45, 2.75) is 32.2 Å². The number of furan rings is 1. The molecule has 1 amide bonds. The molecule has 0 bridgehead atoms. The summed E-state index contributed by atoms with van der Waals surface area (Å²) < 4.78 is 16.1. The summed E-state index contributed by atoms with van der Waals surface area (Å²) in [5.41, 5.74) is 1.07. The summed E-state index contributed by atoms with van der Waals surface area (Å²) in [5.74, 6) is 2.28. The second-order valence-electron chi connectivity index (χ2n) is 6.60. The Hall–Kier alpha value is -3.09. The molecule has 4 rings (SSSR count). The molecule has 2 aromatic heterocycles. The molecular formula is C20H21N3O4. The van der Waals surface area contributed by atoms with Crippen LogP contribution in [0.15, 0.2) is 51.6 Å². The number of carbonyl (C=O) groups is 1. The first-order valence-corrected chi connectivity index (χ1v) is 9.10. The summed E-state index contributed by atoms with van der Waals surface area (Å²) in [6, 6.07) is 11.4. The summed E-state index contributed by atoms with van der Waals surface area (Å²) in [5, 5.41) is 4.03. The van der Waals surface area contributed by atoms with Crippen LogP contribution in [0.1, 0.15) is 37.1 Å². The molecule has 3 aromatic rings. The van der Waals surface area contributed by atoms with Crippen molar-refractivity contribution in [3.8, 4) is 17.4 Å². The van der Waals surface area contributed by atoms with E-state index in [4.69, 9.17) is 13.7 Å². The lowest BCUT2D eigenvalue weighted by atomic mass is 10.1. The summed E-state index contributed by atoms with van der Waals surface area (Å²) >= 11 is 0. The Kier molecular flexibility index (Phi) is 4.91. The smallest absolute Gasteiger partial charge is 0.293 e. The largest absolute Gasteiger partial charge is 0.494 e. The first-order valence-electron chi connectivity index (χ1n) is 9.10. The summed E-state index contributed by atoms with van der Waals surface area (Å²) in [6.45, 7) is 3.91. The van der Waals surface area contributed by atoms with Gasteiger partial charge in [-0.1, -0.05) is 24.2 Å². The number of benzene rings is 1. The second-order valence-corrected chi connectivity index (χ2v) is 6.60. The molecular weight excluding hydrogens is 346 g/mol. The second kappa shape index (κ2) is 7.65. The lowest BCUT2D eigenvalue weighted by Crippen LogP contribution is -2.24. The average Bonchev–Trinajstić information content (AvgIpc) is 3.42. The Bertz CT molecular complexity index is 886. The Balaban J connectivity index is 1.39. The van der Waals surface area contributed by atoms with E-state index in [1.54, 1.807) is 18.4 Å². The van der Waals surface area contributed by atoms with Crippen LogP contribution in [0.4, 0.5) is 0 Å². The molecule has 140 valence electrons. The Morgan fingerprint density at radius 3 is 2.85 bits per heavy atom. The van der Waals surface area contributed by atoms with Gasteiger partial charge in [0.25, 0.3) is 5.89 Å². The molecule has 1 aromatic carbocycles. The molecule has 0 aliphatic carbocycles. The number of carbonyl (C=O) groups excluding carboxylic acids is 1. The number of hydrogen-bond acceptors (Lipinski definition) is 6. The summed E-state index contributed by atoms with van der Waals surface area (Å²) in [7, 11) is 0. The highest BCUT2D eigenvalue weighted by Crippen LogP contribution is 2.29. The number of aromatic nitrogens is 2. The molecule has 0 radical (unpaired) electrons. The van der Waals surface area contributed by atoms with Crippen molar-refractivity contribution in [2.75, 3.05) is 13.2 Å². The first-order chi connectivity index (χ1) is 13.2. The number of rotatable bonds is 7. The van der Waals surface area contributed by atoms with Gasteiger partial charge in [-0.3, -0.25) is 4.79 Å². The van der Waals surface area contributed by atoms with Gasteiger partial charge >= 0.3 is 0 Å². The zero-order chi connectivity index (χ0) is 18.6. The van der Waals surface area contributed by atoms with Crippen LogP contribution in [0.2, 0.25) is 0 Å². The van der Waals surface area contributed by atoms with E-state index in [1.807, 2.05) is 29.2 Å². The normalized spacial score (nSPS) is 16.9. The fraction of sp³-hybridized carbons (Fsp3) is 0.350. The highest BCUT2D eigenvalue weighted by molar-refractivity contribution is 5.79. The molecule has 1 atom stereocenters. The van der Waals surface area contributed by atoms with Crippen LogP contribution in [0, 0.1) is 0 Å². The van der Waals surface area contributed by atoms with E-state index in [1.165, 1.54) is 0 Å². The first kappa shape index (κ1) is 17.3. The van der Waals surface area contributed by atoms with Crippen LogP contribution < -0.4 is 4.74 Å². The van der Waals surface area contributed by atoms with Gasteiger partial charge in [-0.05, 0) is 36.2 Å². The van der Waals surface area contributed by atoms with Gasteiger partial charge in [-0.15, -0.1) is 0 Å². The monoisotopic (exact) mass is 367 g/mol. The highest BCUT2D eigenvalue weighted by Gasteiger charge is 2.34. The molecule has 1 unspecified atom stereocenters. The van der Waals surface area contributed by atoms with Gasteiger partial charge in [0, 0.05) is 25.4 Å². The number of likely N-dealkylation sites (tertiary alicyclic amines) is 1. The number of hydrogen-bond donors (Lipinski definition) is 0. The predicted molar refractivity (Wildman–Crippen MR) is 97.0 cm³/mol. The van der Waals surface area contributed by atoms with Crippen LogP contribution in [-0.4, -0.2) is 34.1 Å². The van der Waals surface area contributed by atoms with Gasteiger partial charge in [0.15, 0.2) is 11.6 Å². The predicted octanol–water partition coefficient (Wildman–Crippen LogP) is 3.63.